The van der Waals surface area contributed by atoms with E-state index in [1.165, 1.54) is 11.0 Å². The molecule has 5 rings (SSSR count). The van der Waals surface area contributed by atoms with E-state index in [0.29, 0.717) is 23.3 Å². The molecule has 2 aromatic rings. The van der Waals surface area contributed by atoms with Gasteiger partial charge in [0.1, 0.15) is 5.75 Å². The highest BCUT2D eigenvalue weighted by atomic mass is 31.2. The first kappa shape index (κ1) is 22.8. The summed E-state index contributed by atoms with van der Waals surface area (Å²) in [5.74, 6) is 0.315. The van der Waals surface area contributed by atoms with Gasteiger partial charge in [-0.2, -0.15) is 0 Å². The molecule has 0 saturated carbocycles. The van der Waals surface area contributed by atoms with Crippen molar-refractivity contribution >= 4 is 19.3 Å². The number of nitrogens with zero attached hydrogens (tertiary/aromatic N) is 4. The van der Waals surface area contributed by atoms with Crippen molar-refractivity contribution in [2.24, 2.45) is 0 Å². The molecule has 0 aromatic heterocycles. The zero-order valence-corrected chi connectivity index (χ0v) is 19.8. The molecule has 0 bridgehead atoms. The van der Waals surface area contributed by atoms with Crippen LogP contribution in [0.2, 0.25) is 0 Å². The van der Waals surface area contributed by atoms with Crippen LogP contribution in [0, 0.1) is 10.1 Å². The Labute approximate surface area is 196 Å². The van der Waals surface area contributed by atoms with Gasteiger partial charge in [0.15, 0.2) is 5.75 Å². The summed E-state index contributed by atoms with van der Waals surface area (Å²) in [6.07, 6.45) is -0.0731. The molecule has 34 heavy (non-hydrogen) atoms. The highest BCUT2D eigenvalue weighted by Crippen LogP contribution is 2.64. The molecule has 2 aromatic carbocycles. The number of hydrogen-bond donors (Lipinski definition) is 0. The Bertz CT molecular complexity index is 1160. The van der Waals surface area contributed by atoms with Gasteiger partial charge >= 0.3 is 13.4 Å². The van der Waals surface area contributed by atoms with Crippen molar-refractivity contribution in [2.75, 3.05) is 46.9 Å². The van der Waals surface area contributed by atoms with Gasteiger partial charge < -0.3 is 14.4 Å². The van der Waals surface area contributed by atoms with E-state index in [-0.39, 0.29) is 29.7 Å². The minimum absolute atomic E-state index is 0.0456. The molecule has 12 heteroatoms. The van der Waals surface area contributed by atoms with Crippen molar-refractivity contribution in [1.29, 1.82) is 0 Å². The molecule has 3 heterocycles. The van der Waals surface area contributed by atoms with Crippen LogP contribution in [0.1, 0.15) is 28.4 Å². The van der Waals surface area contributed by atoms with E-state index < -0.39 is 18.7 Å². The molecule has 3 aliphatic rings. The van der Waals surface area contributed by atoms with E-state index in [1.54, 1.807) is 44.4 Å². The highest BCUT2D eigenvalue weighted by molar-refractivity contribution is 7.54. The van der Waals surface area contributed by atoms with Crippen molar-refractivity contribution in [2.45, 2.75) is 12.5 Å². The predicted molar refractivity (Wildman–Crippen MR) is 122 cm³/mol. The molecule has 0 aliphatic carbocycles. The van der Waals surface area contributed by atoms with Crippen LogP contribution in [0.15, 0.2) is 36.4 Å². The summed E-state index contributed by atoms with van der Waals surface area (Å²) in [6.45, 7) is 3.15. The van der Waals surface area contributed by atoms with E-state index in [4.69, 9.17) is 14.0 Å². The Morgan fingerprint density at radius 2 is 1.76 bits per heavy atom. The molecular weight excluding hydrogens is 463 g/mol. The van der Waals surface area contributed by atoms with Gasteiger partial charge in [-0.1, -0.05) is 0 Å². The Hall–Kier alpha value is -2.98. The number of amides is 1. The topological polar surface area (TPSA) is 114 Å². The second-order valence-electron chi connectivity index (χ2n) is 8.54. The lowest BCUT2D eigenvalue weighted by Gasteiger charge is -2.31. The molecule has 0 radical (unpaired) electrons. The van der Waals surface area contributed by atoms with Crippen LogP contribution in [-0.2, 0) is 9.09 Å². The van der Waals surface area contributed by atoms with Crippen LogP contribution in [0.4, 0.5) is 5.69 Å². The fourth-order valence-electron chi connectivity index (χ4n) is 3.86. The monoisotopic (exact) mass is 488 g/mol. The molecule has 0 N–H and O–H groups in total. The first-order valence-electron chi connectivity index (χ1n) is 11.0. The van der Waals surface area contributed by atoms with Gasteiger partial charge in [-0.15, -0.1) is 0 Å². The number of fused-ring (bicyclic) bond motifs is 1. The minimum Gasteiger partial charge on any atom is -0.489 e. The molecule has 2 saturated heterocycles. The maximum atomic E-state index is 13.5. The molecule has 1 amide bonds. The average Bonchev–Trinajstić information content (AvgIpc) is 3.71. The van der Waals surface area contributed by atoms with E-state index in [9.17, 15) is 19.5 Å². The Kier molecular flexibility index (Phi) is 5.81. The maximum Gasteiger partial charge on any atom is 0.346 e. The lowest BCUT2D eigenvalue weighted by Crippen LogP contribution is -2.21. The second kappa shape index (κ2) is 8.66. The lowest BCUT2D eigenvalue weighted by atomic mass is 10.0. The number of benzene rings is 2. The third kappa shape index (κ3) is 4.27. The summed E-state index contributed by atoms with van der Waals surface area (Å²) >= 11 is 0. The number of rotatable bonds is 8. The largest absolute Gasteiger partial charge is 0.489 e. The molecule has 180 valence electrons. The van der Waals surface area contributed by atoms with Gasteiger partial charge in [0.05, 0.1) is 17.6 Å². The summed E-state index contributed by atoms with van der Waals surface area (Å²) in [4.78, 5) is 24.8. The molecule has 0 spiro atoms. The zero-order valence-electron chi connectivity index (χ0n) is 18.9. The van der Waals surface area contributed by atoms with Crippen molar-refractivity contribution in [3.8, 4) is 17.2 Å². The average molecular weight is 488 g/mol. The van der Waals surface area contributed by atoms with Gasteiger partial charge in [0.2, 0.25) is 5.75 Å². The summed E-state index contributed by atoms with van der Waals surface area (Å²) in [5, 5.41) is 11.8. The van der Waals surface area contributed by atoms with Crippen molar-refractivity contribution in [1.82, 2.24) is 14.2 Å². The van der Waals surface area contributed by atoms with Crippen molar-refractivity contribution in [3.63, 3.8) is 0 Å². The quantitative estimate of drug-likeness (QED) is 0.238. The van der Waals surface area contributed by atoms with Crippen LogP contribution >= 0.6 is 7.67 Å². The summed E-state index contributed by atoms with van der Waals surface area (Å²) in [6, 6.07) is 9.27. The zero-order chi connectivity index (χ0) is 24.0. The summed E-state index contributed by atoms with van der Waals surface area (Å²) < 4.78 is 35.1. The molecule has 2 fully saturated rings. The van der Waals surface area contributed by atoms with Gasteiger partial charge in [-0.3, -0.25) is 24.0 Å². The molecular formula is C22H25N4O7P. The highest BCUT2D eigenvalue weighted by Gasteiger charge is 2.51. The van der Waals surface area contributed by atoms with E-state index in [2.05, 4.69) is 0 Å². The number of carbonyl (C=O) groups is 1. The Morgan fingerprint density at radius 3 is 2.32 bits per heavy atom. The van der Waals surface area contributed by atoms with Crippen LogP contribution in [0.25, 0.3) is 0 Å². The van der Waals surface area contributed by atoms with E-state index in [1.807, 2.05) is 9.34 Å². The minimum atomic E-state index is -3.10. The number of nitro groups is 1. The van der Waals surface area contributed by atoms with Crippen molar-refractivity contribution in [3.05, 3.63) is 57.6 Å². The number of hydrogen-bond acceptors (Lipinski definition) is 7. The summed E-state index contributed by atoms with van der Waals surface area (Å²) in [5.41, 5.74) is 0.774. The third-order valence-corrected chi connectivity index (χ3v) is 8.60. The molecule has 0 unspecified atom stereocenters. The van der Waals surface area contributed by atoms with Gasteiger partial charge in [-0.05, 0) is 30.3 Å². The Morgan fingerprint density at radius 1 is 1.12 bits per heavy atom. The molecule has 3 aliphatic heterocycles. The van der Waals surface area contributed by atoms with Gasteiger partial charge in [0, 0.05) is 63.9 Å². The fourth-order valence-corrected chi connectivity index (χ4v) is 6.22. The van der Waals surface area contributed by atoms with Crippen molar-refractivity contribution < 1.29 is 28.3 Å². The van der Waals surface area contributed by atoms with Crippen LogP contribution < -0.4 is 9.47 Å². The molecule has 1 atom stereocenters. The standard InChI is InChI=1S/C22H25N4O7P/c1-23(2)22(27)15-3-5-16(6-4-15)32-21-18(26(28)29)8-7-17-19(9-14-31-20(17)21)33-34(30,24-10-11-24)25-12-13-25/h3-8,19H,9-14H2,1-2H3/t19-/m1/s1. The second-order valence-corrected chi connectivity index (χ2v) is 10.9. The van der Waals surface area contributed by atoms with Crippen LogP contribution in [0.5, 0.6) is 17.2 Å². The number of ether oxygens (including phenoxy) is 2. The first-order chi connectivity index (χ1) is 16.3. The van der Waals surface area contributed by atoms with Gasteiger partial charge in [-0.25, -0.2) is 9.34 Å². The van der Waals surface area contributed by atoms with Crippen LogP contribution in [-0.4, -0.2) is 72.0 Å². The molecule has 11 nitrogen and oxygen atoms in total. The van der Waals surface area contributed by atoms with E-state index >= 15 is 0 Å². The predicted octanol–water partition coefficient (Wildman–Crippen LogP) is 3.67. The smallest absolute Gasteiger partial charge is 0.346 e. The number of nitro benzene ring substituents is 1. The lowest BCUT2D eigenvalue weighted by molar-refractivity contribution is -0.385. The van der Waals surface area contributed by atoms with Crippen LogP contribution in [0.3, 0.4) is 0 Å². The number of carbonyl (C=O) groups excluding carboxylic acids is 1. The normalized spacial score (nSPS) is 19.6. The van der Waals surface area contributed by atoms with E-state index in [0.717, 1.165) is 26.2 Å². The third-order valence-electron chi connectivity index (χ3n) is 5.85. The summed E-state index contributed by atoms with van der Waals surface area (Å²) in [7, 11) is 0.208. The Balaban J connectivity index is 1.46. The maximum absolute atomic E-state index is 13.5. The fraction of sp³-hybridized carbons (Fsp3) is 0.409. The first-order valence-corrected chi connectivity index (χ1v) is 12.5. The van der Waals surface area contributed by atoms with Gasteiger partial charge in [0.25, 0.3) is 5.91 Å². The SMILES string of the molecule is CN(C)C(=O)c1ccc(Oc2c([N+](=O)[O-])ccc3c2OCC[C@H]3OP(=O)(N2CC2)N2CC2)cc1.